The molecule has 1 aromatic heterocycles. The maximum Gasteiger partial charge on any atom is 0.239 e. The molecule has 1 aromatic carbocycles. The van der Waals surface area contributed by atoms with Crippen LogP contribution in [0, 0.1) is 11.6 Å². The molecule has 1 amide bonds. The first-order chi connectivity index (χ1) is 10.6. The van der Waals surface area contributed by atoms with Crippen molar-refractivity contribution in [2.45, 2.75) is 13.5 Å². The third-order valence-corrected chi connectivity index (χ3v) is 3.16. The van der Waals surface area contributed by atoms with E-state index in [-0.39, 0.29) is 24.1 Å². The lowest BCUT2D eigenvalue weighted by Crippen LogP contribution is -2.37. The molecule has 0 saturated carbocycles. The number of carbonyl (C=O) groups is 1. The molecule has 116 valence electrons. The van der Waals surface area contributed by atoms with Gasteiger partial charge < -0.3 is 10.2 Å². The number of aromatic nitrogens is 1. The first-order valence-electron chi connectivity index (χ1n) is 6.96. The zero-order valence-corrected chi connectivity index (χ0v) is 12.2. The van der Waals surface area contributed by atoms with Crippen LogP contribution in [0.3, 0.4) is 0 Å². The maximum absolute atomic E-state index is 13.7. The molecule has 0 fully saturated rings. The highest BCUT2D eigenvalue weighted by Crippen LogP contribution is 2.14. The Kier molecular flexibility index (Phi) is 5.41. The average molecular weight is 305 g/mol. The molecule has 1 heterocycles. The van der Waals surface area contributed by atoms with Crippen LogP contribution < -0.4 is 10.2 Å². The van der Waals surface area contributed by atoms with Crippen molar-refractivity contribution in [3.05, 3.63) is 59.8 Å². The van der Waals surface area contributed by atoms with Gasteiger partial charge in [0.25, 0.3) is 0 Å². The highest BCUT2D eigenvalue weighted by Gasteiger charge is 2.14. The number of pyridine rings is 1. The molecule has 0 saturated heterocycles. The number of anilines is 1. The van der Waals surface area contributed by atoms with E-state index in [4.69, 9.17) is 0 Å². The number of hydrogen-bond donors (Lipinski definition) is 1. The number of halogens is 2. The summed E-state index contributed by atoms with van der Waals surface area (Å²) in [5.41, 5.74) is 0.793. The lowest BCUT2D eigenvalue weighted by molar-refractivity contribution is -0.119. The van der Waals surface area contributed by atoms with Crippen molar-refractivity contribution in [3.63, 3.8) is 0 Å². The van der Waals surface area contributed by atoms with Gasteiger partial charge in [0, 0.05) is 19.3 Å². The molecular weight excluding hydrogens is 288 g/mol. The van der Waals surface area contributed by atoms with Gasteiger partial charge in [-0.2, -0.15) is 0 Å². The molecule has 4 nitrogen and oxygen atoms in total. The largest absolute Gasteiger partial charge is 0.350 e. The number of benzene rings is 1. The van der Waals surface area contributed by atoms with E-state index < -0.39 is 5.82 Å². The quantitative estimate of drug-likeness (QED) is 0.892. The summed E-state index contributed by atoms with van der Waals surface area (Å²) in [4.78, 5) is 17.5. The fourth-order valence-electron chi connectivity index (χ4n) is 1.98. The monoisotopic (exact) mass is 305 g/mol. The van der Waals surface area contributed by atoms with Gasteiger partial charge in [0.2, 0.25) is 5.91 Å². The van der Waals surface area contributed by atoms with E-state index in [2.05, 4.69) is 10.3 Å². The average Bonchev–Trinajstić information content (AvgIpc) is 2.53. The van der Waals surface area contributed by atoms with Crippen LogP contribution in [0.25, 0.3) is 0 Å². The van der Waals surface area contributed by atoms with Crippen molar-refractivity contribution in [2.24, 2.45) is 0 Å². The normalized spacial score (nSPS) is 10.3. The summed E-state index contributed by atoms with van der Waals surface area (Å²) >= 11 is 0. The van der Waals surface area contributed by atoms with E-state index in [9.17, 15) is 13.6 Å². The summed E-state index contributed by atoms with van der Waals surface area (Å²) in [5, 5.41) is 2.72. The maximum atomic E-state index is 13.7. The van der Waals surface area contributed by atoms with Gasteiger partial charge in [0.1, 0.15) is 5.82 Å². The standard InChI is InChI=1S/C16H17F2N3O/c1-2-21(16-14(18)4-3-9-19-16)11-15(22)20-10-12-5-7-13(17)8-6-12/h3-9H,2,10-11H2,1H3,(H,20,22). The molecule has 1 N–H and O–H groups in total. The van der Waals surface area contributed by atoms with Crippen LogP contribution in [0.15, 0.2) is 42.6 Å². The van der Waals surface area contributed by atoms with E-state index in [1.807, 2.05) is 6.92 Å². The Morgan fingerprint density at radius 1 is 1.23 bits per heavy atom. The van der Waals surface area contributed by atoms with Gasteiger partial charge in [0.15, 0.2) is 11.6 Å². The van der Waals surface area contributed by atoms with Crippen LogP contribution in [0.1, 0.15) is 12.5 Å². The van der Waals surface area contributed by atoms with Crippen molar-refractivity contribution in [1.82, 2.24) is 10.3 Å². The van der Waals surface area contributed by atoms with Crippen LogP contribution in [-0.4, -0.2) is 24.0 Å². The Labute approximate surface area is 127 Å². The fraction of sp³-hybridized carbons (Fsp3) is 0.250. The van der Waals surface area contributed by atoms with Crippen molar-refractivity contribution < 1.29 is 13.6 Å². The van der Waals surface area contributed by atoms with Gasteiger partial charge in [-0.25, -0.2) is 13.8 Å². The number of nitrogens with one attached hydrogen (secondary N) is 1. The SMILES string of the molecule is CCN(CC(=O)NCc1ccc(F)cc1)c1ncccc1F. The van der Waals surface area contributed by atoms with Gasteiger partial charge in [-0.1, -0.05) is 12.1 Å². The van der Waals surface area contributed by atoms with Crippen molar-refractivity contribution in [1.29, 1.82) is 0 Å². The highest BCUT2D eigenvalue weighted by atomic mass is 19.1. The number of rotatable bonds is 6. The summed E-state index contributed by atoms with van der Waals surface area (Å²) in [7, 11) is 0. The van der Waals surface area contributed by atoms with E-state index in [1.165, 1.54) is 30.5 Å². The zero-order valence-electron chi connectivity index (χ0n) is 12.2. The van der Waals surface area contributed by atoms with E-state index >= 15 is 0 Å². The van der Waals surface area contributed by atoms with Crippen LogP contribution >= 0.6 is 0 Å². The first kappa shape index (κ1) is 15.9. The highest BCUT2D eigenvalue weighted by molar-refractivity contribution is 5.81. The predicted octanol–water partition coefficient (Wildman–Crippen LogP) is 2.50. The summed E-state index contributed by atoms with van der Waals surface area (Å²) in [6, 6.07) is 8.69. The molecule has 0 aliphatic carbocycles. The van der Waals surface area contributed by atoms with E-state index in [0.29, 0.717) is 13.1 Å². The summed E-state index contributed by atoms with van der Waals surface area (Å²) in [6.45, 7) is 2.58. The van der Waals surface area contributed by atoms with Gasteiger partial charge in [0.05, 0.1) is 6.54 Å². The second-order valence-corrected chi connectivity index (χ2v) is 4.73. The second kappa shape index (κ2) is 7.49. The molecule has 22 heavy (non-hydrogen) atoms. The lowest BCUT2D eigenvalue weighted by atomic mass is 10.2. The van der Waals surface area contributed by atoms with Gasteiger partial charge in [-0.3, -0.25) is 4.79 Å². The van der Waals surface area contributed by atoms with E-state index in [0.717, 1.165) is 5.56 Å². The fourth-order valence-corrected chi connectivity index (χ4v) is 1.98. The van der Waals surface area contributed by atoms with Crippen LogP contribution in [0.2, 0.25) is 0 Å². The molecule has 0 radical (unpaired) electrons. The summed E-state index contributed by atoms with van der Waals surface area (Å²) < 4.78 is 26.5. The number of carbonyl (C=O) groups excluding carboxylic acids is 1. The van der Waals surface area contributed by atoms with Gasteiger partial charge in [-0.15, -0.1) is 0 Å². The third kappa shape index (κ3) is 4.25. The Morgan fingerprint density at radius 2 is 1.95 bits per heavy atom. The number of amides is 1. The Morgan fingerprint density at radius 3 is 2.59 bits per heavy atom. The molecular formula is C16H17F2N3O. The van der Waals surface area contributed by atoms with Crippen LogP contribution in [-0.2, 0) is 11.3 Å². The van der Waals surface area contributed by atoms with Gasteiger partial charge >= 0.3 is 0 Å². The summed E-state index contributed by atoms with van der Waals surface area (Å²) in [6.07, 6.45) is 1.48. The van der Waals surface area contributed by atoms with Crippen molar-refractivity contribution in [2.75, 3.05) is 18.0 Å². The van der Waals surface area contributed by atoms with Gasteiger partial charge in [-0.05, 0) is 36.8 Å². The third-order valence-electron chi connectivity index (χ3n) is 3.16. The number of hydrogen-bond acceptors (Lipinski definition) is 3. The predicted molar refractivity (Wildman–Crippen MR) is 80.3 cm³/mol. The Hall–Kier alpha value is -2.50. The Balaban J connectivity index is 1.92. The van der Waals surface area contributed by atoms with E-state index in [1.54, 1.807) is 17.0 Å². The smallest absolute Gasteiger partial charge is 0.239 e. The van der Waals surface area contributed by atoms with Crippen LogP contribution in [0.4, 0.5) is 14.6 Å². The minimum absolute atomic E-state index is 0.00558. The first-order valence-corrected chi connectivity index (χ1v) is 6.96. The number of nitrogens with zero attached hydrogens (tertiary/aromatic N) is 2. The molecule has 0 unspecified atom stereocenters. The molecule has 6 heteroatoms. The minimum Gasteiger partial charge on any atom is -0.350 e. The second-order valence-electron chi connectivity index (χ2n) is 4.73. The lowest BCUT2D eigenvalue weighted by Gasteiger charge is -2.21. The molecule has 0 atom stereocenters. The zero-order chi connectivity index (χ0) is 15.9. The van der Waals surface area contributed by atoms with Crippen molar-refractivity contribution >= 4 is 11.7 Å². The molecule has 0 aliphatic rings. The van der Waals surface area contributed by atoms with Crippen LogP contribution in [0.5, 0.6) is 0 Å². The molecule has 0 bridgehead atoms. The molecule has 2 rings (SSSR count). The minimum atomic E-state index is -0.462. The molecule has 0 spiro atoms. The number of likely N-dealkylation sites (N-methyl/N-ethyl adjacent to an activating group) is 1. The topological polar surface area (TPSA) is 45.2 Å². The summed E-state index contributed by atoms with van der Waals surface area (Å²) in [5.74, 6) is -0.883. The van der Waals surface area contributed by atoms with Crippen molar-refractivity contribution in [3.8, 4) is 0 Å². The molecule has 0 aliphatic heterocycles. The molecule has 2 aromatic rings. The Bertz CT molecular complexity index is 632.